The molecule has 0 fully saturated rings. The molecule has 0 aliphatic rings. The van der Waals surface area contributed by atoms with Gasteiger partial charge >= 0.3 is 0 Å². The number of hydrogen-bond acceptors (Lipinski definition) is 2. The Kier molecular flexibility index (Phi) is 3.46. The van der Waals surface area contributed by atoms with Crippen molar-refractivity contribution in [1.82, 2.24) is 9.78 Å². The van der Waals surface area contributed by atoms with Crippen LogP contribution in [0.15, 0.2) is 36.5 Å². The summed E-state index contributed by atoms with van der Waals surface area (Å²) in [6.45, 7) is 2.42. The van der Waals surface area contributed by atoms with Gasteiger partial charge in [0.25, 0.3) is 0 Å². The molecular formula is C13H12ClN3. The number of benzene rings is 1. The third-order valence-corrected chi connectivity index (χ3v) is 3.13. The average molecular weight is 246 g/mol. The zero-order valence-electron chi connectivity index (χ0n) is 9.47. The second-order valence-corrected chi connectivity index (χ2v) is 4.26. The first-order valence-corrected chi connectivity index (χ1v) is 5.72. The highest BCUT2D eigenvalue weighted by atomic mass is 35.5. The lowest BCUT2D eigenvalue weighted by atomic mass is 10.0. The van der Waals surface area contributed by atoms with E-state index in [1.807, 2.05) is 37.3 Å². The third-order valence-electron chi connectivity index (χ3n) is 2.76. The molecule has 2 aromatic rings. The van der Waals surface area contributed by atoms with Gasteiger partial charge in [-0.05, 0) is 12.5 Å². The Morgan fingerprint density at radius 3 is 2.65 bits per heavy atom. The predicted octanol–water partition coefficient (Wildman–Crippen LogP) is 3.15. The number of hydrogen-bond donors (Lipinski definition) is 0. The molecule has 0 spiro atoms. The van der Waals surface area contributed by atoms with E-state index in [2.05, 4.69) is 11.2 Å². The minimum atomic E-state index is -0.203. The Balaban J connectivity index is 2.23. The molecule has 86 valence electrons. The SMILES string of the molecule is Cc1c(Cl)cnn1CC(C#N)c1ccccc1. The molecule has 1 aromatic carbocycles. The largest absolute Gasteiger partial charge is 0.267 e. The van der Waals surface area contributed by atoms with E-state index in [-0.39, 0.29) is 5.92 Å². The van der Waals surface area contributed by atoms with Crippen LogP contribution >= 0.6 is 11.6 Å². The van der Waals surface area contributed by atoms with Crippen LogP contribution in [-0.4, -0.2) is 9.78 Å². The lowest BCUT2D eigenvalue weighted by Gasteiger charge is -2.10. The summed E-state index contributed by atoms with van der Waals surface area (Å²) in [7, 11) is 0. The molecular weight excluding hydrogens is 234 g/mol. The summed E-state index contributed by atoms with van der Waals surface area (Å²) in [5, 5.41) is 14.0. The van der Waals surface area contributed by atoms with Crippen molar-refractivity contribution in [3.05, 3.63) is 52.8 Å². The van der Waals surface area contributed by atoms with E-state index in [9.17, 15) is 5.26 Å². The van der Waals surface area contributed by atoms with Crippen LogP contribution in [-0.2, 0) is 6.54 Å². The molecule has 0 saturated heterocycles. The maximum absolute atomic E-state index is 9.21. The number of halogens is 1. The van der Waals surface area contributed by atoms with Crippen LogP contribution in [0.3, 0.4) is 0 Å². The van der Waals surface area contributed by atoms with Crippen molar-refractivity contribution in [2.75, 3.05) is 0 Å². The summed E-state index contributed by atoms with van der Waals surface area (Å²) in [4.78, 5) is 0. The zero-order valence-corrected chi connectivity index (χ0v) is 10.2. The standard InChI is InChI=1S/C13H12ClN3/c1-10-13(14)8-16-17(10)9-12(7-15)11-5-3-2-4-6-11/h2-6,8,12H,9H2,1H3. The molecule has 0 amide bonds. The molecule has 0 N–H and O–H groups in total. The number of rotatable bonds is 3. The van der Waals surface area contributed by atoms with E-state index in [1.165, 1.54) is 0 Å². The monoisotopic (exact) mass is 245 g/mol. The van der Waals surface area contributed by atoms with Crippen molar-refractivity contribution in [2.45, 2.75) is 19.4 Å². The van der Waals surface area contributed by atoms with Gasteiger partial charge in [0.1, 0.15) is 0 Å². The maximum Gasteiger partial charge on any atom is 0.0908 e. The van der Waals surface area contributed by atoms with Crippen molar-refractivity contribution in [3.8, 4) is 6.07 Å². The smallest absolute Gasteiger partial charge is 0.0908 e. The summed E-state index contributed by atoms with van der Waals surface area (Å²) in [6.07, 6.45) is 1.61. The van der Waals surface area contributed by atoms with Crippen molar-refractivity contribution in [2.24, 2.45) is 0 Å². The summed E-state index contributed by atoms with van der Waals surface area (Å²) in [5.74, 6) is -0.203. The summed E-state index contributed by atoms with van der Waals surface area (Å²) >= 11 is 5.94. The Hall–Kier alpha value is -1.79. The number of nitriles is 1. The van der Waals surface area contributed by atoms with Gasteiger partial charge in [-0.3, -0.25) is 4.68 Å². The second kappa shape index (κ2) is 5.03. The average Bonchev–Trinajstić information content (AvgIpc) is 2.68. The van der Waals surface area contributed by atoms with E-state index in [0.717, 1.165) is 11.3 Å². The minimum absolute atomic E-state index is 0.203. The first-order valence-electron chi connectivity index (χ1n) is 5.35. The first kappa shape index (κ1) is 11.7. The Morgan fingerprint density at radius 1 is 1.41 bits per heavy atom. The predicted molar refractivity (Wildman–Crippen MR) is 66.8 cm³/mol. The maximum atomic E-state index is 9.21. The van der Waals surface area contributed by atoms with E-state index < -0.39 is 0 Å². The highest BCUT2D eigenvalue weighted by molar-refractivity contribution is 6.31. The van der Waals surface area contributed by atoms with Crippen LogP contribution in [0.2, 0.25) is 5.02 Å². The summed E-state index contributed by atoms with van der Waals surface area (Å²) in [6, 6.07) is 12.0. The van der Waals surface area contributed by atoms with Crippen molar-refractivity contribution in [1.29, 1.82) is 5.26 Å². The Bertz CT molecular complexity index is 540. The molecule has 17 heavy (non-hydrogen) atoms. The fraction of sp³-hybridized carbons (Fsp3) is 0.231. The van der Waals surface area contributed by atoms with E-state index in [1.54, 1.807) is 10.9 Å². The van der Waals surface area contributed by atoms with Crippen LogP contribution in [0.4, 0.5) is 0 Å². The van der Waals surface area contributed by atoms with Gasteiger partial charge in [-0.15, -0.1) is 0 Å². The molecule has 3 nitrogen and oxygen atoms in total. The third kappa shape index (κ3) is 2.48. The van der Waals surface area contributed by atoms with Crippen LogP contribution < -0.4 is 0 Å². The molecule has 1 unspecified atom stereocenters. The fourth-order valence-corrected chi connectivity index (χ4v) is 1.83. The number of aromatic nitrogens is 2. The Morgan fingerprint density at radius 2 is 2.12 bits per heavy atom. The van der Waals surface area contributed by atoms with Crippen LogP contribution in [0.5, 0.6) is 0 Å². The van der Waals surface area contributed by atoms with Crippen LogP contribution in [0.25, 0.3) is 0 Å². The quantitative estimate of drug-likeness (QED) is 0.834. The molecule has 0 bridgehead atoms. The van der Waals surface area contributed by atoms with Crippen LogP contribution in [0.1, 0.15) is 17.2 Å². The molecule has 0 radical (unpaired) electrons. The first-order chi connectivity index (χ1) is 8.22. The van der Waals surface area contributed by atoms with Gasteiger partial charge in [-0.25, -0.2) is 0 Å². The van der Waals surface area contributed by atoms with Gasteiger partial charge < -0.3 is 0 Å². The van der Waals surface area contributed by atoms with E-state index >= 15 is 0 Å². The van der Waals surface area contributed by atoms with E-state index in [0.29, 0.717) is 11.6 Å². The van der Waals surface area contributed by atoms with Gasteiger partial charge in [0.2, 0.25) is 0 Å². The molecule has 1 heterocycles. The number of nitrogens with zero attached hydrogens (tertiary/aromatic N) is 3. The summed E-state index contributed by atoms with van der Waals surface area (Å²) in [5.41, 5.74) is 1.89. The van der Waals surface area contributed by atoms with Crippen molar-refractivity contribution < 1.29 is 0 Å². The van der Waals surface area contributed by atoms with E-state index in [4.69, 9.17) is 11.6 Å². The van der Waals surface area contributed by atoms with Gasteiger partial charge in [-0.2, -0.15) is 10.4 Å². The molecule has 1 aromatic heterocycles. The summed E-state index contributed by atoms with van der Waals surface area (Å²) < 4.78 is 1.77. The van der Waals surface area contributed by atoms with Crippen LogP contribution in [0, 0.1) is 18.3 Å². The normalized spacial score (nSPS) is 12.1. The molecule has 0 aliphatic heterocycles. The minimum Gasteiger partial charge on any atom is -0.267 e. The topological polar surface area (TPSA) is 41.6 Å². The van der Waals surface area contributed by atoms with Gasteiger partial charge in [0.15, 0.2) is 0 Å². The molecule has 2 rings (SSSR count). The lowest BCUT2D eigenvalue weighted by molar-refractivity contribution is 0.565. The highest BCUT2D eigenvalue weighted by Gasteiger charge is 2.13. The fourth-order valence-electron chi connectivity index (χ4n) is 1.69. The van der Waals surface area contributed by atoms with Gasteiger partial charge in [-0.1, -0.05) is 41.9 Å². The van der Waals surface area contributed by atoms with Crippen molar-refractivity contribution >= 4 is 11.6 Å². The molecule has 0 saturated carbocycles. The van der Waals surface area contributed by atoms with Gasteiger partial charge in [0.05, 0.1) is 35.4 Å². The molecule has 4 heteroatoms. The molecule has 0 aliphatic carbocycles. The van der Waals surface area contributed by atoms with Crippen molar-refractivity contribution in [3.63, 3.8) is 0 Å². The van der Waals surface area contributed by atoms with Gasteiger partial charge in [0, 0.05) is 0 Å². The second-order valence-electron chi connectivity index (χ2n) is 3.85. The zero-order chi connectivity index (χ0) is 12.3. The highest BCUT2D eigenvalue weighted by Crippen LogP contribution is 2.20. The Labute approximate surface area is 105 Å². The molecule has 1 atom stereocenters. The lowest BCUT2D eigenvalue weighted by Crippen LogP contribution is -2.10.